The molecule has 1 aliphatic carbocycles. The van der Waals surface area contributed by atoms with E-state index in [1.165, 1.54) is 11.1 Å². The van der Waals surface area contributed by atoms with Gasteiger partial charge in [-0.15, -0.1) is 0 Å². The van der Waals surface area contributed by atoms with Gasteiger partial charge in [0.25, 0.3) is 0 Å². The molecule has 1 aromatic carbocycles. The van der Waals surface area contributed by atoms with Crippen LogP contribution in [-0.2, 0) is 22.4 Å². The summed E-state index contributed by atoms with van der Waals surface area (Å²) in [7, 11) is 1.69. The molecule has 0 atom stereocenters. The highest BCUT2D eigenvalue weighted by Gasteiger charge is 2.13. The van der Waals surface area contributed by atoms with E-state index in [1.54, 1.807) is 13.2 Å². The van der Waals surface area contributed by atoms with E-state index in [-0.39, 0.29) is 5.97 Å². The highest BCUT2D eigenvalue weighted by molar-refractivity contribution is 5.82. The third-order valence-electron chi connectivity index (χ3n) is 3.38. The van der Waals surface area contributed by atoms with Crippen LogP contribution in [0.2, 0.25) is 0 Å². The lowest BCUT2D eigenvalue weighted by atomic mass is 10.0. The van der Waals surface area contributed by atoms with Gasteiger partial charge in [-0.05, 0) is 55.9 Å². The van der Waals surface area contributed by atoms with E-state index in [0.29, 0.717) is 6.61 Å². The number of esters is 1. The van der Waals surface area contributed by atoms with Crippen LogP contribution in [0, 0.1) is 0 Å². The van der Waals surface area contributed by atoms with E-state index in [9.17, 15) is 4.79 Å². The number of rotatable bonds is 3. The zero-order chi connectivity index (χ0) is 13.7. The van der Waals surface area contributed by atoms with Crippen molar-refractivity contribution < 1.29 is 14.3 Å². The number of methoxy groups -OCH3 is 1. The molecule has 3 heteroatoms. The van der Waals surface area contributed by atoms with Crippen molar-refractivity contribution in [1.82, 2.24) is 0 Å². The van der Waals surface area contributed by atoms with Gasteiger partial charge < -0.3 is 9.47 Å². The smallest absolute Gasteiger partial charge is 0.330 e. The Kier molecular flexibility index (Phi) is 4.61. The molecule has 102 valence electrons. The van der Waals surface area contributed by atoms with Gasteiger partial charge in [-0.2, -0.15) is 0 Å². The molecule has 0 unspecified atom stereocenters. The number of carbonyl (C=O) groups is 1. The first kappa shape index (κ1) is 13.7. The highest BCUT2D eigenvalue weighted by Crippen LogP contribution is 2.27. The molecule has 0 spiro atoms. The average molecular weight is 260 g/mol. The maximum absolute atomic E-state index is 11.5. The quantitative estimate of drug-likeness (QED) is 0.476. The van der Waals surface area contributed by atoms with Crippen molar-refractivity contribution in [3.63, 3.8) is 0 Å². The van der Waals surface area contributed by atoms with Gasteiger partial charge in [-0.1, -0.05) is 11.6 Å². The number of hydrogen-bond acceptors (Lipinski definition) is 3. The lowest BCUT2D eigenvalue weighted by Gasteiger charge is -2.08. The zero-order valence-corrected chi connectivity index (χ0v) is 11.6. The van der Waals surface area contributed by atoms with Crippen molar-refractivity contribution in [2.45, 2.75) is 32.6 Å². The minimum atomic E-state index is -0.227. The summed E-state index contributed by atoms with van der Waals surface area (Å²) in [5.74, 6) is 0.672. The largest absolute Gasteiger partial charge is 0.497 e. The van der Waals surface area contributed by atoms with Crippen LogP contribution in [0.25, 0.3) is 0 Å². The molecular weight excluding hydrogens is 240 g/mol. The maximum Gasteiger partial charge on any atom is 0.330 e. The van der Waals surface area contributed by atoms with E-state index in [2.05, 4.69) is 12.1 Å². The molecule has 0 saturated heterocycles. The molecule has 0 N–H and O–H groups in total. The molecule has 3 nitrogen and oxygen atoms in total. The molecule has 0 amide bonds. The van der Waals surface area contributed by atoms with Crippen molar-refractivity contribution in [3.05, 3.63) is 41.0 Å². The van der Waals surface area contributed by atoms with Crippen LogP contribution in [0.3, 0.4) is 0 Å². The van der Waals surface area contributed by atoms with Gasteiger partial charge in [0, 0.05) is 6.08 Å². The second-order valence-electron chi connectivity index (χ2n) is 4.72. The molecule has 0 aliphatic heterocycles. The van der Waals surface area contributed by atoms with Gasteiger partial charge in [0.05, 0.1) is 13.7 Å². The van der Waals surface area contributed by atoms with Gasteiger partial charge in [0.1, 0.15) is 5.75 Å². The molecule has 2 rings (SSSR count). The van der Waals surface area contributed by atoms with Crippen LogP contribution in [0.1, 0.15) is 30.9 Å². The predicted molar refractivity (Wildman–Crippen MR) is 74.4 cm³/mol. The Hall–Kier alpha value is -1.77. The predicted octanol–water partition coefficient (Wildman–Crippen LogP) is 3.06. The third kappa shape index (κ3) is 3.60. The topological polar surface area (TPSA) is 35.5 Å². The molecule has 0 saturated carbocycles. The molecule has 0 bridgehead atoms. The summed E-state index contributed by atoms with van der Waals surface area (Å²) < 4.78 is 10.2. The highest BCUT2D eigenvalue weighted by atomic mass is 16.5. The summed E-state index contributed by atoms with van der Waals surface area (Å²) in [5.41, 5.74) is 3.77. The van der Waals surface area contributed by atoms with Gasteiger partial charge in [0.2, 0.25) is 0 Å². The van der Waals surface area contributed by atoms with E-state index in [4.69, 9.17) is 9.47 Å². The molecule has 0 aromatic heterocycles. The summed E-state index contributed by atoms with van der Waals surface area (Å²) in [6, 6.07) is 6.17. The molecule has 19 heavy (non-hydrogen) atoms. The number of fused-ring (bicyclic) bond motifs is 1. The van der Waals surface area contributed by atoms with Crippen LogP contribution in [-0.4, -0.2) is 19.7 Å². The first-order valence-corrected chi connectivity index (χ1v) is 6.75. The first-order valence-electron chi connectivity index (χ1n) is 6.75. The summed E-state index contributed by atoms with van der Waals surface area (Å²) >= 11 is 0. The average Bonchev–Trinajstić information content (AvgIpc) is 2.59. The van der Waals surface area contributed by atoms with Crippen LogP contribution in [0.4, 0.5) is 0 Å². The SMILES string of the molecule is CCOC(=O)C=C1CCCc2cc(OC)ccc2C1. The maximum atomic E-state index is 11.5. The number of aryl methyl sites for hydroxylation is 1. The van der Waals surface area contributed by atoms with Gasteiger partial charge >= 0.3 is 5.97 Å². The van der Waals surface area contributed by atoms with E-state index in [0.717, 1.165) is 37.0 Å². The van der Waals surface area contributed by atoms with Gasteiger partial charge in [-0.25, -0.2) is 4.79 Å². The summed E-state index contributed by atoms with van der Waals surface area (Å²) in [6.45, 7) is 2.25. The Morgan fingerprint density at radius 2 is 2.16 bits per heavy atom. The number of allylic oxidation sites excluding steroid dienone is 1. The Morgan fingerprint density at radius 3 is 2.89 bits per heavy atom. The van der Waals surface area contributed by atoms with Gasteiger partial charge in [0.15, 0.2) is 0 Å². The molecular formula is C16H20O3. The summed E-state index contributed by atoms with van der Waals surface area (Å²) in [6.07, 6.45) is 5.54. The van der Waals surface area contributed by atoms with Gasteiger partial charge in [-0.3, -0.25) is 0 Å². The van der Waals surface area contributed by atoms with Crippen LogP contribution < -0.4 is 4.74 Å². The van der Waals surface area contributed by atoms with Crippen LogP contribution >= 0.6 is 0 Å². The fraction of sp³-hybridized carbons (Fsp3) is 0.438. The number of hydrogen-bond donors (Lipinski definition) is 0. The molecule has 1 aromatic rings. The van der Waals surface area contributed by atoms with Crippen LogP contribution in [0.5, 0.6) is 5.75 Å². The monoisotopic (exact) mass is 260 g/mol. The molecule has 0 radical (unpaired) electrons. The third-order valence-corrected chi connectivity index (χ3v) is 3.38. The Morgan fingerprint density at radius 1 is 1.32 bits per heavy atom. The van der Waals surface area contributed by atoms with Crippen molar-refractivity contribution in [2.24, 2.45) is 0 Å². The number of ether oxygens (including phenoxy) is 2. The number of carbonyl (C=O) groups excluding carboxylic acids is 1. The van der Waals surface area contributed by atoms with E-state index in [1.807, 2.05) is 13.0 Å². The van der Waals surface area contributed by atoms with Crippen molar-refractivity contribution in [3.8, 4) is 5.75 Å². The standard InChI is InChI=1S/C16H20O3/c1-3-19-16(17)10-12-5-4-6-13-11-15(18-2)8-7-14(13)9-12/h7-8,10-11H,3-6,9H2,1-2H3. The summed E-state index contributed by atoms with van der Waals surface area (Å²) in [4.78, 5) is 11.5. The normalized spacial score (nSPS) is 16.6. The zero-order valence-electron chi connectivity index (χ0n) is 11.6. The first-order chi connectivity index (χ1) is 9.22. The Labute approximate surface area is 114 Å². The minimum Gasteiger partial charge on any atom is -0.497 e. The number of benzene rings is 1. The van der Waals surface area contributed by atoms with Crippen molar-refractivity contribution in [1.29, 1.82) is 0 Å². The van der Waals surface area contributed by atoms with Crippen LogP contribution in [0.15, 0.2) is 29.8 Å². The molecule has 0 heterocycles. The Bertz CT molecular complexity index is 489. The Balaban J connectivity index is 2.18. The second kappa shape index (κ2) is 6.41. The lowest BCUT2D eigenvalue weighted by Crippen LogP contribution is -2.02. The van der Waals surface area contributed by atoms with E-state index < -0.39 is 0 Å². The van der Waals surface area contributed by atoms with Crippen molar-refractivity contribution in [2.75, 3.05) is 13.7 Å². The minimum absolute atomic E-state index is 0.227. The van der Waals surface area contributed by atoms with E-state index >= 15 is 0 Å². The lowest BCUT2D eigenvalue weighted by molar-refractivity contribution is -0.137. The second-order valence-corrected chi connectivity index (χ2v) is 4.72. The molecule has 1 aliphatic rings. The molecule has 0 fully saturated rings. The fourth-order valence-corrected chi connectivity index (χ4v) is 2.45. The van der Waals surface area contributed by atoms with Crippen molar-refractivity contribution >= 4 is 5.97 Å². The summed E-state index contributed by atoms with van der Waals surface area (Å²) in [5, 5.41) is 0. The fourth-order valence-electron chi connectivity index (χ4n) is 2.45.